The van der Waals surface area contributed by atoms with Gasteiger partial charge in [0.15, 0.2) is 12.6 Å². The predicted molar refractivity (Wildman–Crippen MR) is 159 cm³/mol. The number of nitrogen functional groups attached to an aromatic ring is 1. The molecule has 3 heterocycles. The number of rotatable bonds is 13. The number of para-hydroxylation sites is 1. The highest BCUT2D eigenvalue weighted by Gasteiger charge is 2.17. The summed E-state index contributed by atoms with van der Waals surface area (Å²) in [5.74, 6) is 0.585. The number of aromatic nitrogens is 5. The van der Waals surface area contributed by atoms with Gasteiger partial charge in [-0.05, 0) is 70.4 Å². The van der Waals surface area contributed by atoms with E-state index in [9.17, 15) is 4.79 Å². The van der Waals surface area contributed by atoms with Gasteiger partial charge in [-0.25, -0.2) is 4.79 Å². The van der Waals surface area contributed by atoms with E-state index in [1.807, 2.05) is 80.3 Å². The lowest BCUT2D eigenvalue weighted by atomic mass is 10.1. The standard InChI is InChI=1S/C31H38N6O5/c1-21(22-12-13-24(33-16-22)9-8-14-40-19-29(38)42-31(2,3)4)37-18-23(17-34-37)26-15-27(35-36-30(26)32)25-10-6-7-11-28(25)41-20-39-5/h6-7,10-13,15-18,21H,8-9,14,19-20H2,1-5H3,(H2,32,36). The lowest BCUT2D eigenvalue weighted by Crippen LogP contribution is -2.26. The van der Waals surface area contributed by atoms with Crippen molar-refractivity contribution in [1.82, 2.24) is 25.0 Å². The quantitative estimate of drug-likeness (QED) is 0.134. The van der Waals surface area contributed by atoms with Gasteiger partial charge >= 0.3 is 5.97 Å². The van der Waals surface area contributed by atoms with Crippen molar-refractivity contribution in [1.29, 1.82) is 0 Å². The number of aryl methyl sites for hydroxylation is 1. The first-order chi connectivity index (χ1) is 20.1. The van der Waals surface area contributed by atoms with Crippen molar-refractivity contribution in [3.05, 3.63) is 72.3 Å². The van der Waals surface area contributed by atoms with E-state index in [-0.39, 0.29) is 25.4 Å². The Morgan fingerprint density at radius 1 is 1.07 bits per heavy atom. The number of hydrogen-bond acceptors (Lipinski definition) is 10. The first-order valence-electron chi connectivity index (χ1n) is 13.8. The second-order valence-electron chi connectivity index (χ2n) is 10.8. The summed E-state index contributed by atoms with van der Waals surface area (Å²) in [6, 6.07) is 13.4. The second-order valence-corrected chi connectivity index (χ2v) is 10.8. The summed E-state index contributed by atoms with van der Waals surface area (Å²) in [6.45, 7) is 8.08. The number of carbonyl (C=O) groups is 1. The summed E-state index contributed by atoms with van der Waals surface area (Å²) < 4.78 is 23.3. The van der Waals surface area contributed by atoms with Gasteiger partial charge in [-0.2, -0.15) is 5.10 Å². The minimum Gasteiger partial charge on any atom is -0.467 e. The third kappa shape index (κ3) is 8.34. The van der Waals surface area contributed by atoms with Gasteiger partial charge in [0.2, 0.25) is 0 Å². The van der Waals surface area contributed by atoms with Crippen molar-refractivity contribution in [2.24, 2.45) is 0 Å². The van der Waals surface area contributed by atoms with Crippen LogP contribution in [-0.4, -0.2) is 63.6 Å². The Hall–Kier alpha value is -4.35. The van der Waals surface area contributed by atoms with Crippen LogP contribution in [0.4, 0.5) is 5.82 Å². The lowest BCUT2D eigenvalue weighted by molar-refractivity contribution is -0.160. The van der Waals surface area contributed by atoms with E-state index in [2.05, 4.69) is 27.2 Å². The van der Waals surface area contributed by atoms with E-state index in [1.165, 1.54) is 0 Å². The van der Waals surface area contributed by atoms with Crippen LogP contribution in [0.3, 0.4) is 0 Å². The van der Waals surface area contributed by atoms with Crippen LogP contribution in [0.25, 0.3) is 22.4 Å². The minimum absolute atomic E-state index is 0.0500. The highest BCUT2D eigenvalue weighted by atomic mass is 16.7. The number of pyridine rings is 1. The molecule has 2 N–H and O–H groups in total. The summed E-state index contributed by atoms with van der Waals surface area (Å²) in [4.78, 5) is 16.4. The Labute approximate surface area is 246 Å². The highest BCUT2D eigenvalue weighted by Crippen LogP contribution is 2.33. The zero-order valence-electron chi connectivity index (χ0n) is 24.7. The number of nitrogens with zero attached hydrogens (tertiary/aromatic N) is 5. The molecule has 4 aromatic rings. The normalized spacial score (nSPS) is 12.2. The molecule has 0 saturated heterocycles. The molecular formula is C31H38N6O5. The van der Waals surface area contributed by atoms with Gasteiger partial charge in [-0.3, -0.25) is 9.67 Å². The molecule has 222 valence electrons. The largest absolute Gasteiger partial charge is 0.467 e. The monoisotopic (exact) mass is 574 g/mol. The second kappa shape index (κ2) is 14.0. The smallest absolute Gasteiger partial charge is 0.332 e. The molecule has 0 amide bonds. The van der Waals surface area contributed by atoms with Crippen LogP contribution in [0.15, 0.2) is 61.1 Å². The van der Waals surface area contributed by atoms with E-state index in [0.29, 0.717) is 23.9 Å². The molecule has 4 rings (SSSR count). The summed E-state index contributed by atoms with van der Waals surface area (Å²) in [6.07, 6.45) is 7.05. The third-order valence-electron chi connectivity index (χ3n) is 6.32. The predicted octanol–water partition coefficient (Wildman–Crippen LogP) is 4.87. The number of esters is 1. The zero-order chi connectivity index (χ0) is 30.1. The average Bonchev–Trinajstić information content (AvgIpc) is 3.45. The molecule has 0 aliphatic rings. The van der Waals surface area contributed by atoms with E-state index in [0.717, 1.165) is 40.8 Å². The molecule has 0 fully saturated rings. The van der Waals surface area contributed by atoms with Gasteiger partial charge < -0.3 is 24.7 Å². The molecule has 1 atom stereocenters. The Morgan fingerprint density at radius 2 is 1.88 bits per heavy atom. The van der Waals surface area contributed by atoms with Crippen LogP contribution in [0.2, 0.25) is 0 Å². The fourth-order valence-electron chi connectivity index (χ4n) is 4.24. The Balaban J connectivity index is 1.37. The fraction of sp³-hybridized carbons (Fsp3) is 0.387. The first kappa shape index (κ1) is 30.6. The lowest BCUT2D eigenvalue weighted by Gasteiger charge is -2.19. The maximum absolute atomic E-state index is 11.7. The van der Waals surface area contributed by atoms with Gasteiger partial charge in [0.1, 0.15) is 18.0 Å². The highest BCUT2D eigenvalue weighted by molar-refractivity contribution is 5.78. The topological polar surface area (TPSA) is 136 Å². The SMILES string of the molecule is COCOc1ccccc1-c1cc(-c2cnn(C(C)c3ccc(CCCOCC(=O)OC(C)(C)C)nc3)c2)c(N)nn1. The molecule has 3 aromatic heterocycles. The number of hydrogen-bond donors (Lipinski definition) is 1. The number of ether oxygens (including phenoxy) is 4. The maximum atomic E-state index is 11.7. The molecule has 0 bridgehead atoms. The maximum Gasteiger partial charge on any atom is 0.332 e. The molecule has 0 saturated carbocycles. The van der Waals surface area contributed by atoms with Crippen molar-refractivity contribution in [3.63, 3.8) is 0 Å². The summed E-state index contributed by atoms with van der Waals surface area (Å²) in [5.41, 5.74) is 10.6. The summed E-state index contributed by atoms with van der Waals surface area (Å²) in [5, 5.41) is 13.1. The van der Waals surface area contributed by atoms with Crippen LogP contribution in [0.5, 0.6) is 5.75 Å². The zero-order valence-corrected chi connectivity index (χ0v) is 24.7. The third-order valence-corrected chi connectivity index (χ3v) is 6.32. The van der Waals surface area contributed by atoms with E-state index >= 15 is 0 Å². The van der Waals surface area contributed by atoms with Gasteiger partial charge in [-0.15, -0.1) is 10.2 Å². The van der Waals surface area contributed by atoms with Gasteiger partial charge in [0, 0.05) is 48.5 Å². The molecule has 11 nitrogen and oxygen atoms in total. The van der Waals surface area contributed by atoms with Gasteiger partial charge in [0.05, 0.1) is 17.9 Å². The van der Waals surface area contributed by atoms with Crippen LogP contribution < -0.4 is 10.5 Å². The molecule has 0 spiro atoms. The Kier molecular flexibility index (Phi) is 10.2. The molecule has 1 unspecified atom stereocenters. The molecule has 0 aliphatic heterocycles. The number of anilines is 1. The van der Waals surface area contributed by atoms with Gasteiger partial charge in [-0.1, -0.05) is 18.2 Å². The molecule has 42 heavy (non-hydrogen) atoms. The molecule has 0 aliphatic carbocycles. The van der Waals surface area contributed by atoms with Crippen molar-refractivity contribution in [2.75, 3.05) is 32.9 Å². The fourth-order valence-corrected chi connectivity index (χ4v) is 4.24. The minimum atomic E-state index is -0.513. The first-order valence-corrected chi connectivity index (χ1v) is 13.8. The molecule has 1 aromatic carbocycles. The van der Waals surface area contributed by atoms with Crippen LogP contribution >= 0.6 is 0 Å². The molecular weight excluding hydrogens is 536 g/mol. The van der Waals surface area contributed by atoms with Crippen molar-refractivity contribution in [2.45, 2.75) is 52.2 Å². The summed E-state index contributed by atoms with van der Waals surface area (Å²) >= 11 is 0. The average molecular weight is 575 g/mol. The van der Waals surface area contributed by atoms with Crippen LogP contribution in [0.1, 0.15) is 51.4 Å². The van der Waals surface area contributed by atoms with Gasteiger partial charge in [0.25, 0.3) is 0 Å². The molecule has 11 heteroatoms. The Morgan fingerprint density at radius 3 is 2.62 bits per heavy atom. The van der Waals surface area contributed by atoms with E-state index in [1.54, 1.807) is 13.3 Å². The van der Waals surface area contributed by atoms with Crippen LogP contribution in [-0.2, 0) is 25.4 Å². The number of carbonyl (C=O) groups excluding carboxylic acids is 1. The number of benzene rings is 1. The number of methoxy groups -OCH3 is 1. The van der Waals surface area contributed by atoms with Crippen molar-refractivity contribution >= 4 is 11.8 Å². The van der Waals surface area contributed by atoms with E-state index < -0.39 is 5.60 Å². The molecule has 0 radical (unpaired) electrons. The summed E-state index contributed by atoms with van der Waals surface area (Å²) in [7, 11) is 1.57. The van der Waals surface area contributed by atoms with Crippen molar-refractivity contribution < 1.29 is 23.7 Å². The van der Waals surface area contributed by atoms with Crippen molar-refractivity contribution in [3.8, 4) is 28.1 Å². The number of nitrogens with two attached hydrogens (primary N) is 1. The Bertz CT molecular complexity index is 1470. The van der Waals surface area contributed by atoms with E-state index in [4.69, 9.17) is 24.7 Å². The van der Waals surface area contributed by atoms with Crippen LogP contribution in [0, 0.1) is 0 Å².